The van der Waals surface area contributed by atoms with Crippen LogP contribution in [0.4, 0.5) is 10.1 Å². The van der Waals surface area contributed by atoms with Crippen molar-refractivity contribution in [2.24, 2.45) is 0 Å². The normalized spacial score (nSPS) is 11.2. The van der Waals surface area contributed by atoms with Crippen molar-refractivity contribution in [3.63, 3.8) is 0 Å². The van der Waals surface area contributed by atoms with Crippen molar-refractivity contribution in [2.75, 3.05) is 18.5 Å². The summed E-state index contributed by atoms with van der Waals surface area (Å²) in [4.78, 5) is 0.127. The van der Waals surface area contributed by atoms with Gasteiger partial charge in [0, 0.05) is 6.07 Å². The number of methoxy groups -OCH3 is 2. The zero-order chi connectivity index (χ0) is 21.0. The molecule has 0 heterocycles. The SMILES string of the molecule is COc1cc(CN(c2cccc(F)c2)S(=O)(=O)c2ccc(C)cc2)cc(OC)c1. The molecule has 3 aromatic carbocycles. The van der Waals surface area contributed by atoms with Gasteiger partial charge in [0.15, 0.2) is 0 Å². The topological polar surface area (TPSA) is 55.8 Å². The monoisotopic (exact) mass is 415 g/mol. The minimum atomic E-state index is -3.94. The van der Waals surface area contributed by atoms with Crippen molar-refractivity contribution in [1.29, 1.82) is 0 Å². The number of nitrogens with zero attached hydrogens (tertiary/aromatic N) is 1. The number of benzene rings is 3. The Hall–Kier alpha value is -3.06. The minimum Gasteiger partial charge on any atom is -0.497 e. The molecule has 0 spiro atoms. The Morgan fingerprint density at radius 3 is 2.07 bits per heavy atom. The summed E-state index contributed by atoms with van der Waals surface area (Å²) >= 11 is 0. The molecule has 0 aromatic heterocycles. The summed E-state index contributed by atoms with van der Waals surface area (Å²) < 4.78 is 52.4. The molecule has 0 atom stereocenters. The zero-order valence-electron chi connectivity index (χ0n) is 16.4. The molecule has 29 heavy (non-hydrogen) atoms. The van der Waals surface area contributed by atoms with Crippen molar-refractivity contribution in [2.45, 2.75) is 18.4 Å². The lowest BCUT2D eigenvalue weighted by Crippen LogP contribution is -2.30. The Bertz CT molecular complexity index is 1080. The van der Waals surface area contributed by atoms with Crippen LogP contribution in [-0.4, -0.2) is 22.6 Å². The van der Waals surface area contributed by atoms with Crippen LogP contribution in [0.2, 0.25) is 0 Å². The molecule has 0 N–H and O–H groups in total. The first-order valence-electron chi connectivity index (χ1n) is 8.90. The number of anilines is 1. The van der Waals surface area contributed by atoms with Crippen LogP contribution in [0.1, 0.15) is 11.1 Å². The largest absolute Gasteiger partial charge is 0.497 e. The van der Waals surface area contributed by atoms with Gasteiger partial charge in [-0.25, -0.2) is 12.8 Å². The van der Waals surface area contributed by atoms with Gasteiger partial charge in [0.25, 0.3) is 10.0 Å². The van der Waals surface area contributed by atoms with Crippen LogP contribution >= 0.6 is 0 Å². The van der Waals surface area contributed by atoms with E-state index in [0.29, 0.717) is 17.1 Å². The fourth-order valence-electron chi connectivity index (χ4n) is 2.91. The fourth-order valence-corrected chi connectivity index (χ4v) is 4.35. The number of sulfonamides is 1. The van der Waals surface area contributed by atoms with Crippen molar-refractivity contribution < 1.29 is 22.3 Å². The Morgan fingerprint density at radius 2 is 1.52 bits per heavy atom. The molecule has 5 nitrogen and oxygen atoms in total. The van der Waals surface area contributed by atoms with E-state index in [1.807, 2.05) is 6.92 Å². The van der Waals surface area contributed by atoms with Gasteiger partial charge in [-0.05, 0) is 55.0 Å². The third-order valence-corrected chi connectivity index (χ3v) is 6.23. The van der Waals surface area contributed by atoms with Crippen LogP contribution in [0.3, 0.4) is 0 Å². The molecule has 0 aliphatic heterocycles. The van der Waals surface area contributed by atoms with Crippen LogP contribution in [0.15, 0.2) is 71.6 Å². The van der Waals surface area contributed by atoms with Crippen molar-refractivity contribution in [3.8, 4) is 11.5 Å². The predicted octanol–water partition coefficient (Wildman–Crippen LogP) is 4.55. The van der Waals surface area contributed by atoms with E-state index in [1.165, 1.54) is 36.7 Å². The maximum absolute atomic E-state index is 13.9. The van der Waals surface area contributed by atoms with Crippen LogP contribution in [0.5, 0.6) is 11.5 Å². The van der Waals surface area contributed by atoms with E-state index in [2.05, 4.69) is 0 Å². The van der Waals surface area contributed by atoms with Gasteiger partial charge in [0.05, 0.1) is 31.3 Å². The third kappa shape index (κ3) is 4.68. The molecule has 3 rings (SSSR count). The summed E-state index contributed by atoms with van der Waals surface area (Å²) in [5, 5.41) is 0. The highest BCUT2D eigenvalue weighted by molar-refractivity contribution is 7.92. The van der Waals surface area contributed by atoms with Gasteiger partial charge in [-0.1, -0.05) is 23.8 Å². The Kier molecular flexibility index (Phi) is 6.08. The van der Waals surface area contributed by atoms with Crippen molar-refractivity contribution >= 4 is 15.7 Å². The minimum absolute atomic E-state index is 0.0206. The molecule has 0 bridgehead atoms. The maximum Gasteiger partial charge on any atom is 0.264 e. The van der Waals surface area contributed by atoms with E-state index in [-0.39, 0.29) is 17.1 Å². The van der Waals surface area contributed by atoms with Crippen LogP contribution < -0.4 is 13.8 Å². The van der Waals surface area contributed by atoms with E-state index in [0.717, 1.165) is 5.56 Å². The van der Waals surface area contributed by atoms with Gasteiger partial charge in [-0.2, -0.15) is 0 Å². The standard InChI is InChI=1S/C22H22FNO4S/c1-16-7-9-22(10-8-16)29(25,26)24(19-6-4-5-18(23)13-19)15-17-11-20(27-2)14-21(12-17)28-3/h4-14H,15H2,1-3H3. The second-order valence-corrected chi connectivity index (χ2v) is 8.39. The lowest BCUT2D eigenvalue weighted by atomic mass is 10.2. The fraction of sp³-hybridized carbons (Fsp3) is 0.182. The highest BCUT2D eigenvalue weighted by Crippen LogP contribution is 2.29. The highest BCUT2D eigenvalue weighted by atomic mass is 32.2. The maximum atomic E-state index is 13.9. The van der Waals surface area contributed by atoms with Crippen LogP contribution in [0.25, 0.3) is 0 Å². The second-order valence-electron chi connectivity index (χ2n) is 6.53. The van der Waals surface area contributed by atoms with E-state index >= 15 is 0 Å². The zero-order valence-corrected chi connectivity index (χ0v) is 17.2. The molecular formula is C22H22FNO4S. The van der Waals surface area contributed by atoms with Gasteiger partial charge in [0.1, 0.15) is 17.3 Å². The molecule has 152 valence electrons. The van der Waals surface area contributed by atoms with Crippen LogP contribution in [-0.2, 0) is 16.6 Å². The number of hydrogen-bond acceptors (Lipinski definition) is 4. The third-order valence-electron chi connectivity index (χ3n) is 4.44. The molecule has 3 aromatic rings. The highest BCUT2D eigenvalue weighted by Gasteiger charge is 2.26. The van der Waals surface area contributed by atoms with Gasteiger partial charge < -0.3 is 9.47 Å². The van der Waals surface area contributed by atoms with E-state index in [9.17, 15) is 12.8 Å². The number of halogens is 1. The van der Waals surface area contributed by atoms with Gasteiger partial charge >= 0.3 is 0 Å². The first kappa shape index (κ1) is 20.7. The predicted molar refractivity (Wildman–Crippen MR) is 110 cm³/mol. The first-order valence-corrected chi connectivity index (χ1v) is 10.3. The summed E-state index contributed by atoms with van der Waals surface area (Å²) in [6.45, 7) is 1.86. The lowest BCUT2D eigenvalue weighted by Gasteiger charge is -2.25. The lowest BCUT2D eigenvalue weighted by molar-refractivity contribution is 0.393. The van der Waals surface area contributed by atoms with E-state index in [1.54, 1.807) is 48.5 Å². The quantitative estimate of drug-likeness (QED) is 0.568. The summed E-state index contributed by atoms with van der Waals surface area (Å²) in [5.74, 6) is 0.549. The Balaban J connectivity index is 2.10. The number of ether oxygens (including phenoxy) is 2. The first-order chi connectivity index (χ1) is 13.8. The summed E-state index contributed by atoms with van der Waals surface area (Å²) in [6, 6.07) is 17.2. The van der Waals surface area contributed by atoms with Gasteiger partial charge in [0.2, 0.25) is 0 Å². The number of aryl methyl sites for hydroxylation is 1. The molecular weight excluding hydrogens is 393 g/mol. The molecule has 0 saturated heterocycles. The van der Waals surface area contributed by atoms with Crippen molar-refractivity contribution in [3.05, 3.63) is 83.7 Å². The molecule has 0 unspecified atom stereocenters. The number of rotatable bonds is 7. The summed E-state index contributed by atoms with van der Waals surface area (Å²) in [7, 11) is -0.900. The summed E-state index contributed by atoms with van der Waals surface area (Å²) in [5.41, 5.74) is 1.81. The smallest absolute Gasteiger partial charge is 0.264 e. The number of hydrogen-bond donors (Lipinski definition) is 0. The molecule has 7 heteroatoms. The average Bonchev–Trinajstić information content (AvgIpc) is 2.71. The Labute approximate surface area is 170 Å². The molecule has 0 radical (unpaired) electrons. The second kappa shape index (κ2) is 8.53. The van der Waals surface area contributed by atoms with E-state index in [4.69, 9.17) is 9.47 Å². The molecule has 0 aliphatic rings. The average molecular weight is 415 g/mol. The summed E-state index contributed by atoms with van der Waals surface area (Å²) in [6.07, 6.45) is 0. The molecule has 0 fully saturated rings. The van der Waals surface area contributed by atoms with E-state index < -0.39 is 15.8 Å². The van der Waals surface area contributed by atoms with Gasteiger partial charge in [-0.3, -0.25) is 4.31 Å². The molecule has 0 amide bonds. The Morgan fingerprint density at radius 1 is 0.897 bits per heavy atom. The van der Waals surface area contributed by atoms with Crippen molar-refractivity contribution in [1.82, 2.24) is 0 Å². The molecule has 0 saturated carbocycles. The van der Waals surface area contributed by atoms with Gasteiger partial charge in [-0.15, -0.1) is 0 Å². The molecule has 0 aliphatic carbocycles. The van der Waals surface area contributed by atoms with Crippen LogP contribution in [0, 0.1) is 12.7 Å².